The van der Waals surface area contributed by atoms with Crippen LogP contribution in [0.2, 0.25) is 0 Å². The SMILES string of the molecule is C[C@H](OCC(F)(F)F)C(=O)NC(C)(C)c1ccc2c(c1)OCCO2. The number of carbonyl (C=O) groups excluding carboxylic acids is 1. The second-order valence-corrected chi connectivity index (χ2v) is 6.04. The minimum atomic E-state index is -4.47. The van der Waals surface area contributed by atoms with Crippen LogP contribution in [0, 0.1) is 0 Å². The van der Waals surface area contributed by atoms with Crippen molar-refractivity contribution in [3.63, 3.8) is 0 Å². The van der Waals surface area contributed by atoms with Gasteiger partial charge in [-0.1, -0.05) is 6.07 Å². The van der Waals surface area contributed by atoms with Gasteiger partial charge in [0.25, 0.3) is 0 Å². The molecule has 0 fully saturated rings. The fraction of sp³-hybridized carbons (Fsp3) is 0.562. The van der Waals surface area contributed by atoms with Crippen LogP contribution in [0.5, 0.6) is 11.5 Å². The number of halogens is 3. The Hall–Kier alpha value is -1.96. The summed E-state index contributed by atoms with van der Waals surface area (Å²) in [6.45, 7) is 4.21. The summed E-state index contributed by atoms with van der Waals surface area (Å²) >= 11 is 0. The molecule has 2 rings (SSSR count). The first kappa shape index (κ1) is 18.4. The number of carbonyl (C=O) groups is 1. The van der Waals surface area contributed by atoms with E-state index in [-0.39, 0.29) is 0 Å². The molecule has 8 heteroatoms. The summed E-state index contributed by atoms with van der Waals surface area (Å²) in [6.07, 6.45) is -5.69. The van der Waals surface area contributed by atoms with Gasteiger partial charge in [0.2, 0.25) is 5.91 Å². The lowest BCUT2D eigenvalue weighted by Crippen LogP contribution is -2.46. The van der Waals surface area contributed by atoms with Crippen LogP contribution in [0.15, 0.2) is 18.2 Å². The molecule has 1 aromatic rings. The minimum Gasteiger partial charge on any atom is -0.486 e. The van der Waals surface area contributed by atoms with Gasteiger partial charge in [0.05, 0.1) is 5.54 Å². The first-order valence-corrected chi connectivity index (χ1v) is 7.49. The van der Waals surface area contributed by atoms with E-state index in [9.17, 15) is 18.0 Å². The molecule has 1 heterocycles. The molecule has 1 N–H and O–H groups in total. The molecule has 0 spiro atoms. The third-order valence-corrected chi connectivity index (χ3v) is 3.57. The summed E-state index contributed by atoms with van der Waals surface area (Å²) in [7, 11) is 0. The molecule has 1 aliphatic heterocycles. The summed E-state index contributed by atoms with van der Waals surface area (Å²) in [5.41, 5.74) is -0.0777. The number of alkyl halides is 3. The Balaban J connectivity index is 2.03. The molecular weight excluding hydrogens is 327 g/mol. The number of hydrogen-bond acceptors (Lipinski definition) is 4. The van der Waals surface area contributed by atoms with Gasteiger partial charge in [-0.25, -0.2) is 0 Å². The van der Waals surface area contributed by atoms with Crippen molar-refractivity contribution in [2.75, 3.05) is 19.8 Å². The molecule has 0 saturated carbocycles. The van der Waals surface area contributed by atoms with E-state index < -0.39 is 30.3 Å². The maximum Gasteiger partial charge on any atom is 0.411 e. The maximum atomic E-state index is 12.2. The van der Waals surface area contributed by atoms with Crippen LogP contribution in [-0.2, 0) is 15.1 Å². The van der Waals surface area contributed by atoms with E-state index in [0.29, 0.717) is 24.7 Å². The quantitative estimate of drug-likeness (QED) is 0.890. The molecule has 1 aromatic carbocycles. The Bertz CT molecular complexity index is 601. The van der Waals surface area contributed by atoms with Crippen LogP contribution in [0.4, 0.5) is 13.2 Å². The highest BCUT2D eigenvalue weighted by molar-refractivity contribution is 5.81. The average Bonchev–Trinajstić information content (AvgIpc) is 2.51. The molecule has 134 valence electrons. The number of fused-ring (bicyclic) bond motifs is 1. The zero-order valence-corrected chi connectivity index (χ0v) is 13.7. The fourth-order valence-corrected chi connectivity index (χ4v) is 2.21. The van der Waals surface area contributed by atoms with E-state index in [4.69, 9.17) is 9.47 Å². The first-order chi connectivity index (χ1) is 11.1. The Labute approximate surface area is 138 Å². The molecular formula is C16H20F3NO4. The van der Waals surface area contributed by atoms with Crippen LogP contribution < -0.4 is 14.8 Å². The first-order valence-electron chi connectivity index (χ1n) is 7.49. The second kappa shape index (κ2) is 6.88. The summed E-state index contributed by atoms with van der Waals surface area (Å²) in [4.78, 5) is 12.1. The van der Waals surface area contributed by atoms with Crippen LogP contribution in [0.3, 0.4) is 0 Å². The molecule has 0 bridgehead atoms. The molecule has 0 unspecified atom stereocenters. The van der Waals surface area contributed by atoms with Crippen molar-refractivity contribution in [2.24, 2.45) is 0 Å². The highest BCUT2D eigenvalue weighted by Gasteiger charge is 2.32. The number of nitrogens with one attached hydrogen (secondary N) is 1. The van der Waals surface area contributed by atoms with Gasteiger partial charge in [-0.3, -0.25) is 4.79 Å². The lowest BCUT2D eigenvalue weighted by atomic mass is 9.93. The van der Waals surface area contributed by atoms with Crippen LogP contribution in [0.25, 0.3) is 0 Å². The summed E-state index contributed by atoms with van der Waals surface area (Å²) < 4.78 is 52.0. The van der Waals surface area contributed by atoms with Crippen molar-refractivity contribution in [3.8, 4) is 11.5 Å². The van der Waals surface area contributed by atoms with E-state index in [1.807, 2.05) is 0 Å². The van der Waals surface area contributed by atoms with Crippen molar-refractivity contribution in [1.29, 1.82) is 0 Å². The second-order valence-electron chi connectivity index (χ2n) is 6.04. The molecule has 0 aliphatic carbocycles. The van der Waals surface area contributed by atoms with E-state index in [0.717, 1.165) is 5.56 Å². The van der Waals surface area contributed by atoms with Gasteiger partial charge in [-0.2, -0.15) is 13.2 Å². The summed E-state index contributed by atoms with van der Waals surface area (Å²) in [5, 5.41) is 2.69. The normalized spacial score (nSPS) is 15.8. The maximum absolute atomic E-state index is 12.2. The lowest BCUT2D eigenvalue weighted by Gasteiger charge is -2.30. The smallest absolute Gasteiger partial charge is 0.411 e. The predicted molar refractivity (Wildman–Crippen MR) is 80.1 cm³/mol. The van der Waals surface area contributed by atoms with Gasteiger partial charge < -0.3 is 19.5 Å². The predicted octanol–water partition coefficient (Wildman–Crippen LogP) is 2.78. The van der Waals surface area contributed by atoms with Crippen LogP contribution in [0.1, 0.15) is 26.3 Å². The fourth-order valence-electron chi connectivity index (χ4n) is 2.21. The van der Waals surface area contributed by atoms with Gasteiger partial charge in [0.1, 0.15) is 25.9 Å². The zero-order valence-electron chi connectivity index (χ0n) is 13.7. The van der Waals surface area contributed by atoms with Gasteiger partial charge in [-0.05, 0) is 38.5 Å². The monoisotopic (exact) mass is 347 g/mol. The van der Waals surface area contributed by atoms with Crippen molar-refractivity contribution >= 4 is 5.91 Å². The molecule has 1 atom stereocenters. The number of hydrogen-bond donors (Lipinski definition) is 1. The van der Waals surface area contributed by atoms with E-state index in [2.05, 4.69) is 10.1 Å². The third kappa shape index (κ3) is 4.77. The van der Waals surface area contributed by atoms with Gasteiger partial charge in [-0.15, -0.1) is 0 Å². The van der Waals surface area contributed by atoms with Gasteiger partial charge in [0, 0.05) is 0 Å². The molecule has 0 saturated heterocycles. The lowest BCUT2D eigenvalue weighted by molar-refractivity contribution is -0.186. The Kier molecular flexibility index (Phi) is 5.27. The molecule has 5 nitrogen and oxygen atoms in total. The van der Waals surface area contributed by atoms with Crippen molar-refractivity contribution in [1.82, 2.24) is 5.32 Å². The molecule has 0 radical (unpaired) electrons. The van der Waals surface area contributed by atoms with E-state index in [1.165, 1.54) is 6.92 Å². The van der Waals surface area contributed by atoms with E-state index >= 15 is 0 Å². The number of ether oxygens (including phenoxy) is 3. The zero-order chi connectivity index (χ0) is 18.0. The Morgan fingerprint density at radius 3 is 2.50 bits per heavy atom. The highest BCUT2D eigenvalue weighted by Crippen LogP contribution is 2.34. The summed E-state index contributed by atoms with van der Waals surface area (Å²) in [5.74, 6) is 0.565. The highest BCUT2D eigenvalue weighted by atomic mass is 19.4. The van der Waals surface area contributed by atoms with Gasteiger partial charge >= 0.3 is 6.18 Å². The van der Waals surface area contributed by atoms with Crippen molar-refractivity contribution in [3.05, 3.63) is 23.8 Å². The summed E-state index contributed by atoms with van der Waals surface area (Å²) in [6, 6.07) is 5.26. The molecule has 24 heavy (non-hydrogen) atoms. The minimum absolute atomic E-state index is 0.436. The third-order valence-electron chi connectivity index (χ3n) is 3.57. The molecule has 1 aliphatic rings. The van der Waals surface area contributed by atoms with E-state index in [1.54, 1.807) is 32.0 Å². The van der Waals surface area contributed by atoms with Crippen molar-refractivity contribution < 1.29 is 32.2 Å². The largest absolute Gasteiger partial charge is 0.486 e. The Morgan fingerprint density at radius 2 is 1.88 bits per heavy atom. The number of benzene rings is 1. The molecule has 0 aromatic heterocycles. The number of amides is 1. The number of rotatable bonds is 5. The van der Waals surface area contributed by atoms with Crippen LogP contribution in [-0.4, -0.2) is 38.0 Å². The standard InChI is InChI=1S/C16H20F3NO4/c1-10(24-9-16(17,18)19)14(21)20-15(2,3)11-4-5-12-13(8-11)23-7-6-22-12/h4-5,8,10H,6-7,9H2,1-3H3,(H,20,21)/t10-/m0/s1. The van der Waals surface area contributed by atoms with Crippen molar-refractivity contribution in [2.45, 2.75) is 38.6 Å². The van der Waals surface area contributed by atoms with Gasteiger partial charge in [0.15, 0.2) is 11.5 Å². The topological polar surface area (TPSA) is 56.8 Å². The van der Waals surface area contributed by atoms with Crippen LogP contribution >= 0.6 is 0 Å². The Morgan fingerprint density at radius 1 is 1.25 bits per heavy atom. The average molecular weight is 347 g/mol. The molecule has 1 amide bonds.